The highest BCUT2D eigenvalue weighted by Gasteiger charge is 2.36. The van der Waals surface area contributed by atoms with Crippen molar-refractivity contribution in [2.24, 2.45) is 0 Å². The first-order valence-corrected chi connectivity index (χ1v) is 7.04. The maximum atomic E-state index is 11.4. The smallest absolute Gasteiger partial charge is 0.321 e. The Balaban J connectivity index is 2.20. The summed E-state index contributed by atoms with van der Waals surface area (Å²) in [5.41, 5.74) is 0. The zero-order valence-corrected chi connectivity index (χ0v) is 11.1. The zero-order valence-electron chi connectivity index (χ0n) is 10.3. The first-order valence-electron chi connectivity index (χ1n) is 5.82. The molecule has 0 heterocycles. The molecule has 1 saturated carbocycles. The van der Waals surface area contributed by atoms with Gasteiger partial charge >= 0.3 is 12.0 Å². The van der Waals surface area contributed by atoms with E-state index in [1.807, 2.05) is 6.26 Å². The number of hydrogen-bond donors (Lipinski definition) is 3. The Bertz CT molecular complexity index is 336. The summed E-state index contributed by atoms with van der Waals surface area (Å²) in [6.07, 6.45) is 4.87. The van der Waals surface area contributed by atoms with E-state index in [9.17, 15) is 14.4 Å². The van der Waals surface area contributed by atoms with Crippen molar-refractivity contribution in [3.63, 3.8) is 0 Å². The Morgan fingerprint density at radius 1 is 1.28 bits per heavy atom. The van der Waals surface area contributed by atoms with Gasteiger partial charge in [-0.1, -0.05) is 6.42 Å². The number of thioether (sulfide) groups is 1. The third-order valence-corrected chi connectivity index (χ3v) is 4.51. The summed E-state index contributed by atoms with van der Waals surface area (Å²) in [6, 6.07) is -0.550. The van der Waals surface area contributed by atoms with Gasteiger partial charge in [0.2, 0.25) is 5.91 Å². The number of rotatable bonds is 6. The van der Waals surface area contributed by atoms with Crippen LogP contribution in [0.3, 0.4) is 0 Å². The topological polar surface area (TPSA) is 95.5 Å². The highest BCUT2D eigenvalue weighted by atomic mass is 32.2. The lowest BCUT2D eigenvalue weighted by Crippen LogP contribution is -2.49. The van der Waals surface area contributed by atoms with Gasteiger partial charge in [-0.2, -0.15) is 11.8 Å². The number of hydrogen-bond acceptors (Lipinski definition) is 4. The molecule has 0 radical (unpaired) electrons. The number of amides is 3. The van der Waals surface area contributed by atoms with E-state index >= 15 is 0 Å². The van der Waals surface area contributed by atoms with Crippen molar-refractivity contribution in [3.05, 3.63) is 0 Å². The largest absolute Gasteiger partial charge is 0.481 e. The molecule has 0 atom stereocenters. The molecule has 0 aromatic carbocycles. The van der Waals surface area contributed by atoms with Crippen LogP contribution in [0.2, 0.25) is 0 Å². The van der Waals surface area contributed by atoms with E-state index in [-0.39, 0.29) is 17.6 Å². The minimum Gasteiger partial charge on any atom is -0.481 e. The molecule has 0 spiro atoms. The molecule has 3 amide bonds. The number of nitrogens with one attached hydrogen (secondary N) is 2. The average Bonchev–Trinajstić information content (AvgIpc) is 2.25. The number of urea groups is 1. The molecule has 102 valence electrons. The summed E-state index contributed by atoms with van der Waals surface area (Å²) in [5.74, 6) is -1.62. The number of aliphatic carboxylic acids is 1. The second-order valence-corrected chi connectivity index (χ2v) is 5.64. The van der Waals surface area contributed by atoms with Gasteiger partial charge in [-0.05, 0) is 19.1 Å². The van der Waals surface area contributed by atoms with Crippen LogP contribution in [0.5, 0.6) is 0 Å². The fraction of sp³-hybridized carbons (Fsp3) is 0.727. The number of imide groups is 1. The Kier molecular flexibility index (Phi) is 5.46. The first kappa shape index (κ1) is 14.8. The summed E-state index contributed by atoms with van der Waals surface area (Å²) in [4.78, 5) is 32.8. The van der Waals surface area contributed by atoms with Crippen molar-refractivity contribution < 1.29 is 19.5 Å². The third-order valence-electron chi connectivity index (χ3n) is 3.09. The van der Waals surface area contributed by atoms with Gasteiger partial charge in [-0.15, -0.1) is 0 Å². The minimum absolute atomic E-state index is 0.113. The van der Waals surface area contributed by atoms with Crippen LogP contribution in [0.25, 0.3) is 0 Å². The van der Waals surface area contributed by atoms with Crippen molar-refractivity contribution >= 4 is 29.7 Å². The lowest BCUT2D eigenvalue weighted by molar-refractivity contribution is -0.138. The van der Waals surface area contributed by atoms with E-state index in [1.54, 1.807) is 11.8 Å². The van der Waals surface area contributed by atoms with Crippen LogP contribution in [-0.2, 0) is 9.59 Å². The van der Waals surface area contributed by atoms with Crippen LogP contribution in [0.15, 0.2) is 0 Å². The van der Waals surface area contributed by atoms with Crippen molar-refractivity contribution in [2.45, 2.75) is 36.9 Å². The molecule has 0 saturated heterocycles. The molecule has 0 aromatic heterocycles. The Hall–Kier alpha value is -1.24. The minimum atomic E-state index is -1.05. The molecule has 18 heavy (non-hydrogen) atoms. The predicted octanol–water partition coefficient (Wildman–Crippen LogP) is 0.963. The Labute approximate surface area is 110 Å². The maximum Gasteiger partial charge on any atom is 0.321 e. The molecule has 7 heteroatoms. The van der Waals surface area contributed by atoms with Crippen molar-refractivity contribution in [3.8, 4) is 0 Å². The van der Waals surface area contributed by atoms with E-state index in [0.29, 0.717) is 6.54 Å². The molecule has 0 bridgehead atoms. The predicted molar refractivity (Wildman–Crippen MR) is 68.5 cm³/mol. The SMILES string of the molecule is CSC1(CNC(=O)NC(=O)CCC(=O)O)CCC1. The molecule has 1 aliphatic carbocycles. The molecule has 3 N–H and O–H groups in total. The van der Waals surface area contributed by atoms with E-state index in [1.165, 1.54) is 6.42 Å². The van der Waals surface area contributed by atoms with Gasteiger partial charge in [0.1, 0.15) is 0 Å². The number of carboxylic acid groups (broad SMARTS) is 1. The summed E-state index contributed by atoms with van der Waals surface area (Å²) < 4.78 is 0.113. The van der Waals surface area contributed by atoms with Crippen LogP contribution in [-0.4, -0.2) is 40.6 Å². The van der Waals surface area contributed by atoms with Gasteiger partial charge in [-0.25, -0.2) is 4.79 Å². The van der Waals surface area contributed by atoms with Gasteiger partial charge < -0.3 is 10.4 Å². The monoisotopic (exact) mass is 274 g/mol. The molecule has 6 nitrogen and oxygen atoms in total. The van der Waals surface area contributed by atoms with Crippen LogP contribution < -0.4 is 10.6 Å². The summed E-state index contributed by atoms with van der Waals surface area (Å²) in [7, 11) is 0. The molecular weight excluding hydrogens is 256 g/mol. The lowest BCUT2D eigenvalue weighted by atomic mass is 9.84. The summed E-state index contributed by atoms with van der Waals surface area (Å²) in [6.45, 7) is 0.534. The molecular formula is C11H18N2O4S. The average molecular weight is 274 g/mol. The van der Waals surface area contributed by atoms with Gasteiger partial charge in [0, 0.05) is 17.7 Å². The highest BCUT2D eigenvalue weighted by molar-refractivity contribution is 8.00. The number of carboxylic acids is 1. The summed E-state index contributed by atoms with van der Waals surface area (Å²) in [5, 5.41) is 13.2. The van der Waals surface area contributed by atoms with E-state index in [0.717, 1.165) is 12.8 Å². The molecule has 0 unspecified atom stereocenters. The van der Waals surface area contributed by atoms with Crippen LogP contribution in [0, 0.1) is 0 Å². The highest BCUT2D eigenvalue weighted by Crippen LogP contribution is 2.42. The Morgan fingerprint density at radius 3 is 2.39 bits per heavy atom. The van der Waals surface area contributed by atoms with Crippen LogP contribution in [0.4, 0.5) is 4.79 Å². The van der Waals surface area contributed by atoms with Crippen LogP contribution in [0.1, 0.15) is 32.1 Å². The molecule has 1 aliphatic rings. The van der Waals surface area contributed by atoms with Crippen molar-refractivity contribution in [2.75, 3.05) is 12.8 Å². The van der Waals surface area contributed by atoms with Gasteiger partial charge in [-0.3, -0.25) is 14.9 Å². The first-order chi connectivity index (χ1) is 8.47. The van der Waals surface area contributed by atoms with E-state index in [2.05, 4.69) is 10.6 Å². The Morgan fingerprint density at radius 2 is 1.94 bits per heavy atom. The van der Waals surface area contributed by atoms with Crippen molar-refractivity contribution in [1.82, 2.24) is 10.6 Å². The van der Waals surface area contributed by atoms with Gasteiger partial charge in [0.15, 0.2) is 0 Å². The van der Waals surface area contributed by atoms with Crippen LogP contribution >= 0.6 is 11.8 Å². The number of carbonyl (C=O) groups is 3. The quantitative estimate of drug-likeness (QED) is 0.670. The molecule has 1 rings (SSSR count). The molecule has 0 aromatic rings. The van der Waals surface area contributed by atoms with Gasteiger partial charge in [0.25, 0.3) is 0 Å². The molecule has 0 aliphatic heterocycles. The standard InChI is InChI=1S/C11H18N2O4S/c1-18-11(5-2-6-11)7-12-10(17)13-8(14)3-4-9(15)16/h2-7H2,1H3,(H,15,16)(H2,12,13,14,17). The maximum absolute atomic E-state index is 11.4. The normalized spacial score (nSPS) is 16.5. The van der Waals surface area contributed by atoms with Gasteiger partial charge in [0.05, 0.1) is 6.42 Å². The summed E-state index contributed by atoms with van der Waals surface area (Å²) >= 11 is 1.73. The fourth-order valence-corrected chi connectivity index (χ4v) is 2.63. The van der Waals surface area contributed by atoms with E-state index in [4.69, 9.17) is 5.11 Å². The van der Waals surface area contributed by atoms with Crippen molar-refractivity contribution in [1.29, 1.82) is 0 Å². The number of carbonyl (C=O) groups excluding carboxylic acids is 2. The second kappa shape index (κ2) is 6.63. The molecule has 1 fully saturated rings. The van der Waals surface area contributed by atoms with E-state index < -0.39 is 17.9 Å². The zero-order chi connectivity index (χ0) is 13.6. The second-order valence-electron chi connectivity index (χ2n) is 4.37. The third kappa shape index (κ3) is 4.56. The lowest BCUT2D eigenvalue weighted by Gasteiger charge is -2.40. The fourth-order valence-electron chi connectivity index (χ4n) is 1.72.